The van der Waals surface area contributed by atoms with Crippen molar-refractivity contribution in [2.24, 2.45) is 10.9 Å². The van der Waals surface area contributed by atoms with E-state index in [2.05, 4.69) is 36.4 Å². The van der Waals surface area contributed by atoms with Gasteiger partial charge in [-0.25, -0.2) is 0 Å². The second-order valence-corrected chi connectivity index (χ2v) is 9.30. The van der Waals surface area contributed by atoms with Crippen LogP contribution in [-0.2, 0) is 4.79 Å². The number of rotatable bonds is 8. The summed E-state index contributed by atoms with van der Waals surface area (Å²) in [5.74, 6) is 2.55. The van der Waals surface area contributed by atoms with Gasteiger partial charge in [0.2, 0.25) is 5.91 Å². The van der Waals surface area contributed by atoms with E-state index in [9.17, 15) is 4.79 Å². The summed E-state index contributed by atoms with van der Waals surface area (Å²) in [6.45, 7) is 8.46. The van der Waals surface area contributed by atoms with E-state index in [1.807, 2.05) is 13.1 Å². The Labute approximate surface area is 192 Å². The van der Waals surface area contributed by atoms with Crippen LogP contribution >= 0.6 is 0 Å². The molecule has 1 saturated carbocycles. The van der Waals surface area contributed by atoms with Crippen LogP contribution in [0.2, 0.25) is 0 Å². The predicted molar refractivity (Wildman–Crippen MR) is 127 cm³/mol. The average molecular weight is 445 g/mol. The van der Waals surface area contributed by atoms with Gasteiger partial charge in [-0.3, -0.25) is 19.6 Å². The number of carbonyl (C=O) groups is 1. The van der Waals surface area contributed by atoms with E-state index < -0.39 is 0 Å². The lowest BCUT2D eigenvalue weighted by Gasteiger charge is -2.38. The van der Waals surface area contributed by atoms with Crippen LogP contribution in [0, 0.1) is 5.92 Å². The number of nitrogens with one attached hydrogen (secondary N) is 2. The van der Waals surface area contributed by atoms with Crippen LogP contribution in [0.3, 0.4) is 0 Å². The molecule has 3 aliphatic rings. The molecule has 0 radical (unpaired) electrons. The average Bonchev–Trinajstić information content (AvgIpc) is 3.32. The van der Waals surface area contributed by atoms with Crippen molar-refractivity contribution in [1.82, 2.24) is 25.3 Å². The van der Waals surface area contributed by atoms with E-state index >= 15 is 0 Å². The highest BCUT2D eigenvalue weighted by atomic mass is 16.3. The zero-order chi connectivity index (χ0) is 22.2. The van der Waals surface area contributed by atoms with Gasteiger partial charge < -0.3 is 20.0 Å². The monoisotopic (exact) mass is 444 g/mol. The van der Waals surface area contributed by atoms with Gasteiger partial charge in [-0.05, 0) is 50.9 Å². The highest BCUT2D eigenvalue weighted by Gasteiger charge is 2.31. The standard InChI is InChI=1S/C24H40N6O2/c1-25-24(27-19-21(22-9-6-18-32-22)29-11-3-2-4-12-29)26-10-13-28-14-16-30(17-15-28)23(31)20-7-5-8-20/h6,9,18,20-21H,2-5,7-8,10-17,19H2,1H3,(H2,25,26,27). The fourth-order valence-electron chi connectivity index (χ4n) is 4.97. The van der Waals surface area contributed by atoms with Crippen molar-refractivity contribution in [3.8, 4) is 0 Å². The van der Waals surface area contributed by atoms with Gasteiger partial charge >= 0.3 is 0 Å². The van der Waals surface area contributed by atoms with E-state index in [-0.39, 0.29) is 6.04 Å². The number of hydrogen-bond donors (Lipinski definition) is 2. The number of nitrogens with zero attached hydrogens (tertiary/aromatic N) is 4. The minimum atomic E-state index is 0.227. The van der Waals surface area contributed by atoms with Gasteiger partial charge in [-0.2, -0.15) is 0 Å². The van der Waals surface area contributed by atoms with E-state index in [1.54, 1.807) is 6.26 Å². The number of carbonyl (C=O) groups excluding carboxylic acids is 1. The number of hydrogen-bond acceptors (Lipinski definition) is 5. The first-order chi connectivity index (χ1) is 15.7. The maximum atomic E-state index is 12.4. The Kier molecular flexibility index (Phi) is 8.45. The summed E-state index contributed by atoms with van der Waals surface area (Å²) in [4.78, 5) is 23.9. The summed E-state index contributed by atoms with van der Waals surface area (Å²) >= 11 is 0. The Hall–Kier alpha value is -2.06. The van der Waals surface area contributed by atoms with E-state index in [0.717, 1.165) is 83.5 Å². The molecule has 2 saturated heterocycles. The van der Waals surface area contributed by atoms with Crippen LogP contribution in [0.1, 0.15) is 50.3 Å². The molecule has 1 unspecified atom stereocenters. The molecule has 1 amide bonds. The number of amides is 1. The van der Waals surface area contributed by atoms with Crippen LogP contribution in [0.5, 0.6) is 0 Å². The molecule has 4 rings (SSSR count). The number of likely N-dealkylation sites (tertiary alicyclic amines) is 1. The molecule has 3 fully saturated rings. The van der Waals surface area contributed by atoms with Crippen molar-refractivity contribution >= 4 is 11.9 Å². The molecule has 1 aromatic heterocycles. The number of furan rings is 1. The van der Waals surface area contributed by atoms with Crippen LogP contribution in [0.15, 0.2) is 27.8 Å². The van der Waals surface area contributed by atoms with Crippen molar-refractivity contribution in [3.05, 3.63) is 24.2 Å². The van der Waals surface area contributed by atoms with Crippen molar-refractivity contribution in [2.75, 3.05) is 66.0 Å². The highest BCUT2D eigenvalue weighted by Crippen LogP contribution is 2.28. The molecule has 0 bridgehead atoms. The lowest BCUT2D eigenvalue weighted by molar-refractivity contribution is -0.139. The summed E-state index contributed by atoms with van der Waals surface area (Å²) in [5.41, 5.74) is 0. The lowest BCUT2D eigenvalue weighted by atomic mass is 9.84. The first kappa shape index (κ1) is 23.1. The molecule has 1 aromatic rings. The predicted octanol–water partition coefficient (Wildman–Crippen LogP) is 1.92. The lowest BCUT2D eigenvalue weighted by Crippen LogP contribution is -2.52. The second kappa shape index (κ2) is 11.7. The van der Waals surface area contributed by atoms with Crippen LogP contribution in [0.25, 0.3) is 0 Å². The Bertz CT molecular complexity index is 719. The molecule has 1 aliphatic carbocycles. The van der Waals surface area contributed by atoms with Crippen molar-refractivity contribution in [1.29, 1.82) is 0 Å². The van der Waals surface area contributed by atoms with Crippen molar-refractivity contribution in [2.45, 2.75) is 44.6 Å². The van der Waals surface area contributed by atoms with Crippen LogP contribution in [0.4, 0.5) is 0 Å². The fraction of sp³-hybridized carbons (Fsp3) is 0.750. The Morgan fingerprint density at radius 2 is 1.88 bits per heavy atom. The number of piperazine rings is 1. The fourth-order valence-corrected chi connectivity index (χ4v) is 4.97. The highest BCUT2D eigenvalue weighted by molar-refractivity contribution is 5.80. The van der Waals surface area contributed by atoms with Crippen molar-refractivity contribution < 1.29 is 9.21 Å². The molecule has 2 aliphatic heterocycles. The van der Waals surface area contributed by atoms with Gasteiger partial charge in [0.1, 0.15) is 5.76 Å². The molecule has 32 heavy (non-hydrogen) atoms. The summed E-state index contributed by atoms with van der Waals surface area (Å²) in [7, 11) is 1.82. The first-order valence-electron chi connectivity index (χ1n) is 12.5. The Balaban J connectivity index is 1.17. The summed E-state index contributed by atoms with van der Waals surface area (Å²) in [6.07, 6.45) is 8.99. The summed E-state index contributed by atoms with van der Waals surface area (Å²) in [5, 5.41) is 6.96. The van der Waals surface area contributed by atoms with Gasteiger partial charge in [-0.1, -0.05) is 12.8 Å². The third-order valence-corrected chi connectivity index (χ3v) is 7.25. The molecule has 0 spiro atoms. The third-order valence-electron chi connectivity index (χ3n) is 7.25. The third kappa shape index (κ3) is 6.04. The maximum absolute atomic E-state index is 12.4. The molecule has 2 N–H and O–H groups in total. The number of aliphatic imine (C=N–C) groups is 1. The largest absolute Gasteiger partial charge is 0.468 e. The first-order valence-corrected chi connectivity index (χ1v) is 12.5. The SMILES string of the molecule is CN=C(NCCN1CCN(C(=O)C2CCC2)CC1)NCC(c1ccco1)N1CCCCC1. The zero-order valence-electron chi connectivity index (χ0n) is 19.6. The van der Waals surface area contributed by atoms with E-state index in [1.165, 1.54) is 25.7 Å². The molecule has 1 atom stereocenters. The Morgan fingerprint density at radius 1 is 1.09 bits per heavy atom. The summed E-state index contributed by atoms with van der Waals surface area (Å²) in [6, 6.07) is 4.27. The van der Waals surface area contributed by atoms with Gasteiger partial charge in [0.25, 0.3) is 0 Å². The van der Waals surface area contributed by atoms with Crippen molar-refractivity contribution in [3.63, 3.8) is 0 Å². The molecular formula is C24H40N6O2. The van der Waals surface area contributed by atoms with Crippen LogP contribution < -0.4 is 10.6 Å². The molecule has 0 aromatic carbocycles. The molecule has 178 valence electrons. The zero-order valence-corrected chi connectivity index (χ0v) is 19.6. The van der Waals surface area contributed by atoms with Gasteiger partial charge in [0.15, 0.2) is 5.96 Å². The number of guanidine groups is 1. The second-order valence-electron chi connectivity index (χ2n) is 9.30. The quantitative estimate of drug-likeness (QED) is 0.471. The molecule has 8 nitrogen and oxygen atoms in total. The maximum Gasteiger partial charge on any atom is 0.225 e. The molecule has 8 heteroatoms. The Morgan fingerprint density at radius 3 is 2.50 bits per heavy atom. The van der Waals surface area contributed by atoms with E-state index in [0.29, 0.717) is 11.8 Å². The van der Waals surface area contributed by atoms with Gasteiger partial charge in [0, 0.05) is 58.8 Å². The van der Waals surface area contributed by atoms with Gasteiger partial charge in [0.05, 0.1) is 12.3 Å². The normalized spacial score (nSPS) is 22.4. The smallest absolute Gasteiger partial charge is 0.225 e. The van der Waals surface area contributed by atoms with Gasteiger partial charge in [-0.15, -0.1) is 0 Å². The molecule has 3 heterocycles. The number of piperidine rings is 1. The van der Waals surface area contributed by atoms with Crippen LogP contribution in [-0.4, -0.2) is 92.5 Å². The topological polar surface area (TPSA) is 76.4 Å². The molecular weight excluding hydrogens is 404 g/mol. The van der Waals surface area contributed by atoms with E-state index in [4.69, 9.17) is 4.42 Å². The summed E-state index contributed by atoms with van der Waals surface area (Å²) < 4.78 is 5.75. The minimum Gasteiger partial charge on any atom is -0.468 e. The minimum absolute atomic E-state index is 0.227.